The van der Waals surface area contributed by atoms with E-state index in [1.54, 1.807) is 12.1 Å². The van der Waals surface area contributed by atoms with Gasteiger partial charge in [0.2, 0.25) is 0 Å². The topological polar surface area (TPSA) is 133 Å². The average Bonchev–Trinajstić information content (AvgIpc) is 3.41. The van der Waals surface area contributed by atoms with Gasteiger partial charge in [0.15, 0.2) is 5.13 Å². The second-order valence-corrected chi connectivity index (χ2v) is 8.13. The van der Waals surface area contributed by atoms with Crippen LogP contribution in [-0.2, 0) is 6.54 Å². The lowest BCUT2D eigenvalue weighted by Gasteiger charge is -2.18. The SMILES string of the molecule is Cc1cc2nc(N(Cc3ccco3)C(=O)c3cc([N+](=O)[O-])cc([N+](=O)[O-])c3)sc2cc1C. The number of non-ortho nitro benzene ring substituents is 2. The van der Waals surface area contributed by atoms with Crippen LogP contribution in [0.1, 0.15) is 27.2 Å². The molecule has 1 amide bonds. The van der Waals surface area contributed by atoms with Crippen LogP contribution in [-0.4, -0.2) is 20.7 Å². The molecular formula is C21H16N4O6S. The smallest absolute Gasteiger partial charge is 0.277 e. The lowest BCUT2D eigenvalue weighted by Crippen LogP contribution is -2.30. The molecule has 162 valence electrons. The van der Waals surface area contributed by atoms with E-state index in [2.05, 4.69) is 4.98 Å². The van der Waals surface area contributed by atoms with Crippen LogP contribution < -0.4 is 4.90 Å². The molecule has 0 bridgehead atoms. The quantitative estimate of drug-likeness (QED) is 0.291. The van der Waals surface area contributed by atoms with Gasteiger partial charge in [-0.05, 0) is 49.2 Å². The second kappa shape index (κ2) is 8.19. The third-order valence-electron chi connectivity index (χ3n) is 4.93. The first kappa shape index (κ1) is 21.1. The summed E-state index contributed by atoms with van der Waals surface area (Å²) in [5.74, 6) is -0.203. The van der Waals surface area contributed by atoms with Crippen molar-refractivity contribution in [3.05, 3.63) is 91.4 Å². The fraction of sp³-hybridized carbons (Fsp3) is 0.143. The van der Waals surface area contributed by atoms with Crippen molar-refractivity contribution in [1.29, 1.82) is 0 Å². The third kappa shape index (κ3) is 4.05. The Bertz CT molecular complexity index is 1290. The summed E-state index contributed by atoms with van der Waals surface area (Å²) in [5.41, 5.74) is 1.55. The van der Waals surface area contributed by atoms with Crippen LogP contribution in [0.15, 0.2) is 53.1 Å². The van der Waals surface area contributed by atoms with E-state index in [4.69, 9.17) is 4.42 Å². The zero-order chi connectivity index (χ0) is 23.0. The lowest BCUT2D eigenvalue weighted by molar-refractivity contribution is -0.394. The number of fused-ring (bicyclic) bond motifs is 1. The van der Waals surface area contributed by atoms with E-state index < -0.39 is 27.1 Å². The summed E-state index contributed by atoms with van der Waals surface area (Å²) in [5, 5.41) is 22.9. The minimum atomic E-state index is -0.774. The summed E-state index contributed by atoms with van der Waals surface area (Å²) in [7, 11) is 0. The first-order valence-electron chi connectivity index (χ1n) is 9.39. The number of aryl methyl sites for hydroxylation is 2. The molecular weight excluding hydrogens is 436 g/mol. The monoisotopic (exact) mass is 452 g/mol. The van der Waals surface area contributed by atoms with Crippen molar-refractivity contribution in [2.75, 3.05) is 4.90 Å². The molecule has 0 radical (unpaired) electrons. The first-order valence-corrected chi connectivity index (χ1v) is 10.2. The fourth-order valence-electron chi connectivity index (χ4n) is 3.15. The third-order valence-corrected chi connectivity index (χ3v) is 5.98. The molecule has 0 aliphatic carbocycles. The zero-order valence-corrected chi connectivity index (χ0v) is 17.8. The van der Waals surface area contributed by atoms with Gasteiger partial charge in [-0.1, -0.05) is 11.3 Å². The number of amides is 1. The number of anilines is 1. The highest BCUT2D eigenvalue weighted by molar-refractivity contribution is 7.22. The standard InChI is InChI=1S/C21H16N4O6S/c1-12-6-18-19(7-13(12)2)32-21(22-18)23(11-17-4-3-5-31-17)20(26)14-8-15(24(27)28)10-16(9-14)25(29)30/h3-10H,11H2,1-2H3. The van der Waals surface area contributed by atoms with Crippen LogP contribution in [0.3, 0.4) is 0 Å². The summed E-state index contributed by atoms with van der Waals surface area (Å²) in [6.07, 6.45) is 1.46. The number of rotatable bonds is 6. The normalized spacial score (nSPS) is 10.9. The second-order valence-electron chi connectivity index (χ2n) is 7.12. The molecule has 0 atom stereocenters. The lowest BCUT2D eigenvalue weighted by atomic mass is 10.1. The van der Waals surface area contributed by atoms with E-state index in [-0.39, 0.29) is 12.1 Å². The van der Waals surface area contributed by atoms with Crippen molar-refractivity contribution in [2.45, 2.75) is 20.4 Å². The molecule has 2 aromatic carbocycles. The molecule has 0 aliphatic heterocycles. The number of aromatic nitrogens is 1. The molecule has 4 rings (SSSR count). The highest BCUT2D eigenvalue weighted by Crippen LogP contribution is 2.33. The van der Waals surface area contributed by atoms with E-state index in [1.807, 2.05) is 26.0 Å². The molecule has 0 spiro atoms. The number of benzene rings is 2. The number of furan rings is 1. The molecule has 11 heteroatoms. The highest BCUT2D eigenvalue weighted by Gasteiger charge is 2.27. The fourth-order valence-corrected chi connectivity index (χ4v) is 4.20. The molecule has 10 nitrogen and oxygen atoms in total. The maximum atomic E-state index is 13.4. The van der Waals surface area contributed by atoms with Crippen molar-refractivity contribution in [1.82, 2.24) is 4.98 Å². The van der Waals surface area contributed by atoms with Gasteiger partial charge in [-0.2, -0.15) is 0 Å². The van der Waals surface area contributed by atoms with Gasteiger partial charge in [-0.15, -0.1) is 0 Å². The van der Waals surface area contributed by atoms with Gasteiger partial charge in [-0.3, -0.25) is 29.9 Å². The van der Waals surface area contributed by atoms with Crippen molar-refractivity contribution in [3.8, 4) is 0 Å². The Balaban J connectivity index is 1.83. The van der Waals surface area contributed by atoms with Crippen LogP contribution in [0, 0.1) is 34.1 Å². The number of hydrogen-bond donors (Lipinski definition) is 0. The highest BCUT2D eigenvalue weighted by atomic mass is 32.1. The van der Waals surface area contributed by atoms with E-state index in [0.717, 1.165) is 34.0 Å². The van der Waals surface area contributed by atoms with Gasteiger partial charge in [0.25, 0.3) is 17.3 Å². The van der Waals surface area contributed by atoms with Crippen LogP contribution in [0.5, 0.6) is 0 Å². The predicted octanol–water partition coefficient (Wildman–Crippen LogP) is 5.17. The molecule has 4 aromatic rings. The van der Waals surface area contributed by atoms with E-state index in [1.165, 1.54) is 22.5 Å². The predicted molar refractivity (Wildman–Crippen MR) is 118 cm³/mol. The Morgan fingerprint density at radius 1 is 1.06 bits per heavy atom. The number of thiazole rings is 1. The van der Waals surface area contributed by atoms with Gasteiger partial charge in [0.05, 0.1) is 44.5 Å². The number of carbonyl (C=O) groups excluding carboxylic acids is 1. The van der Waals surface area contributed by atoms with Crippen molar-refractivity contribution < 1.29 is 19.1 Å². The van der Waals surface area contributed by atoms with Crippen molar-refractivity contribution in [2.24, 2.45) is 0 Å². The largest absolute Gasteiger partial charge is 0.467 e. The number of carbonyl (C=O) groups is 1. The van der Waals surface area contributed by atoms with Gasteiger partial charge >= 0.3 is 0 Å². The van der Waals surface area contributed by atoms with Gasteiger partial charge < -0.3 is 4.42 Å². The summed E-state index contributed by atoms with van der Waals surface area (Å²) >= 11 is 1.28. The molecule has 0 saturated carbocycles. The van der Waals surface area contributed by atoms with Crippen molar-refractivity contribution in [3.63, 3.8) is 0 Å². The Kier molecular flexibility index (Phi) is 5.41. The van der Waals surface area contributed by atoms with Gasteiger partial charge in [0.1, 0.15) is 5.76 Å². The van der Waals surface area contributed by atoms with E-state index in [0.29, 0.717) is 16.4 Å². The minimum absolute atomic E-state index is 0.000108. The van der Waals surface area contributed by atoms with E-state index in [9.17, 15) is 25.0 Å². The summed E-state index contributed by atoms with van der Waals surface area (Å²) in [6, 6.07) is 10.1. The summed E-state index contributed by atoms with van der Waals surface area (Å²) < 4.78 is 6.24. The Morgan fingerprint density at radius 2 is 1.72 bits per heavy atom. The minimum Gasteiger partial charge on any atom is -0.467 e. The number of nitro benzene ring substituents is 2. The molecule has 0 unspecified atom stereocenters. The molecule has 2 heterocycles. The summed E-state index contributed by atoms with van der Waals surface area (Å²) in [4.78, 5) is 40.3. The Hall–Kier alpha value is -4.12. The van der Waals surface area contributed by atoms with Crippen molar-refractivity contribution >= 4 is 44.0 Å². The number of nitrogens with zero attached hydrogens (tertiary/aromatic N) is 4. The molecule has 0 N–H and O–H groups in total. The number of hydrogen-bond acceptors (Lipinski definition) is 8. The average molecular weight is 452 g/mol. The molecule has 0 saturated heterocycles. The maximum absolute atomic E-state index is 13.4. The Labute approximate surface area is 185 Å². The molecule has 0 fully saturated rings. The molecule has 32 heavy (non-hydrogen) atoms. The van der Waals surface area contributed by atoms with Crippen LogP contribution in [0.25, 0.3) is 10.2 Å². The number of nitro groups is 2. The summed E-state index contributed by atoms with van der Waals surface area (Å²) in [6.45, 7) is 3.93. The molecule has 2 aromatic heterocycles. The van der Waals surface area contributed by atoms with Crippen LogP contribution in [0.4, 0.5) is 16.5 Å². The van der Waals surface area contributed by atoms with E-state index >= 15 is 0 Å². The van der Waals surface area contributed by atoms with Crippen LogP contribution >= 0.6 is 11.3 Å². The Morgan fingerprint density at radius 3 is 2.31 bits per heavy atom. The zero-order valence-electron chi connectivity index (χ0n) is 17.0. The molecule has 0 aliphatic rings. The van der Waals surface area contributed by atoms with Gasteiger partial charge in [0, 0.05) is 12.1 Å². The first-order chi connectivity index (χ1) is 15.2. The maximum Gasteiger partial charge on any atom is 0.277 e. The van der Waals surface area contributed by atoms with Gasteiger partial charge in [-0.25, -0.2) is 4.98 Å². The van der Waals surface area contributed by atoms with Crippen LogP contribution in [0.2, 0.25) is 0 Å².